The molecule has 0 spiro atoms. The van der Waals surface area contributed by atoms with Gasteiger partial charge < -0.3 is 15.4 Å². The molecule has 1 heterocycles. The number of rotatable bonds is 9. The molecule has 1 saturated carbocycles. The van der Waals surface area contributed by atoms with E-state index >= 15 is 0 Å². The first-order chi connectivity index (χ1) is 13.6. The lowest BCUT2D eigenvalue weighted by Crippen LogP contribution is -2.47. The van der Waals surface area contributed by atoms with Crippen LogP contribution in [0.2, 0.25) is 0 Å². The van der Waals surface area contributed by atoms with Crippen molar-refractivity contribution in [3.63, 3.8) is 0 Å². The highest BCUT2D eigenvalue weighted by atomic mass is 127. The fourth-order valence-electron chi connectivity index (χ4n) is 3.54. The highest BCUT2D eigenvalue weighted by Gasteiger charge is 2.36. The van der Waals surface area contributed by atoms with Gasteiger partial charge in [-0.1, -0.05) is 6.42 Å². The number of hydrogen-bond acceptors (Lipinski definition) is 3. The molecular weight excluding hydrogens is 484 g/mol. The van der Waals surface area contributed by atoms with E-state index in [4.69, 9.17) is 4.74 Å². The second-order valence-electron chi connectivity index (χ2n) is 7.43. The maximum atomic E-state index is 13.0. The number of benzene rings is 1. The molecule has 1 aliphatic rings. The van der Waals surface area contributed by atoms with Crippen molar-refractivity contribution >= 4 is 29.9 Å². The molecule has 29 heavy (non-hydrogen) atoms. The summed E-state index contributed by atoms with van der Waals surface area (Å²) in [6, 6.07) is 8.30. The Bertz CT molecular complexity index is 774. The molecule has 0 amide bonds. The SMILES string of the molecule is CN=C(NCCc1ccn(-c2ccc(F)cc2)n1)NCC1(CCOC)CCC1.I. The number of ether oxygens (including phenoxy) is 1. The molecule has 0 unspecified atom stereocenters. The third kappa shape index (κ3) is 6.67. The van der Waals surface area contributed by atoms with Crippen LogP contribution in [-0.2, 0) is 11.2 Å². The Labute approximate surface area is 189 Å². The Balaban J connectivity index is 0.00000300. The number of nitrogens with one attached hydrogen (secondary N) is 2. The lowest BCUT2D eigenvalue weighted by molar-refractivity contribution is 0.0732. The molecule has 2 aromatic rings. The van der Waals surface area contributed by atoms with Gasteiger partial charge in [0.1, 0.15) is 5.82 Å². The second kappa shape index (κ2) is 11.5. The maximum Gasteiger partial charge on any atom is 0.191 e. The van der Waals surface area contributed by atoms with E-state index in [2.05, 4.69) is 20.7 Å². The van der Waals surface area contributed by atoms with Gasteiger partial charge in [0.15, 0.2) is 5.96 Å². The summed E-state index contributed by atoms with van der Waals surface area (Å²) in [6.45, 7) is 2.48. The van der Waals surface area contributed by atoms with E-state index in [1.165, 1.54) is 31.4 Å². The van der Waals surface area contributed by atoms with Crippen LogP contribution in [0.15, 0.2) is 41.5 Å². The van der Waals surface area contributed by atoms with E-state index in [-0.39, 0.29) is 29.8 Å². The van der Waals surface area contributed by atoms with Gasteiger partial charge in [0.2, 0.25) is 0 Å². The molecule has 0 bridgehead atoms. The monoisotopic (exact) mass is 515 g/mol. The van der Waals surface area contributed by atoms with Crippen LogP contribution in [0, 0.1) is 11.2 Å². The van der Waals surface area contributed by atoms with Crippen molar-refractivity contribution in [3.8, 4) is 5.69 Å². The van der Waals surface area contributed by atoms with Gasteiger partial charge in [0.25, 0.3) is 0 Å². The molecule has 3 rings (SSSR count). The van der Waals surface area contributed by atoms with Crippen molar-refractivity contribution in [2.75, 3.05) is 33.9 Å². The van der Waals surface area contributed by atoms with Gasteiger partial charge in [0, 0.05) is 46.5 Å². The molecule has 160 valence electrons. The highest BCUT2D eigenvalue weighted by molar-refractivity contribution is 14.0. The summed E-state index contributed by atoms with van der Waals surface area (Å²) in [5.74, 6) is 0.576. The Kier molecular flexibility index (Phi) is 9.35. The molecule has 2 N–H and O–H groups in total. The molecule has 1 aromatic carbocycles. The molecule has 6 nitrogen and oxygen atoms in total. The first-order valence-electron chi connectivity index (χ1n) is 9.88. The van der Waals surface area contributed by atoms with Crippen LogP contribution in [0.25, 0.3) is 5.69 Å². The summed E-state index contributed by atoms with van der Waals surface area (Å²) < 4.78 is 20.1. The van der Waals surface area contributed by atoms with Crippen molar-refractivity contribution in [1.29, 1.82) is 0 Å². The Hall–Kier alpha value is -1.68. The average Bonchev–Trinajstić information content (AvgIpc) is 3.14. The molecule has 0 radical (unpaired) electrons. The summed E-state index contributed by atoms with van der Waals surface area (Å²) in [5, 5.41) is 11.4. The molecule has 8 heteroatoms. The van der Waals surface area contributed by atoms with Crippen LogP contribution in [0.4, 0.5) is 4.39 Å². The summed E-state index contributed by atoms with van der Waals surface area (Å²) in [5.41, 5.74) is 2.17. The van der Waals surface area contributed by atoms with Crippen molar-refractivity contribution in [3.05, 3.63) is 48.0 Å². The summed E-state index contributed by atoms with van der Waals surface area (Å²) in [4.78, 5) is 4.32. The van der Waals surface area contributed by atoms with Crippen molar-refractivity contribution in [1.82, 2.24) is 20.4 Å². The summed E-state index contributed by atoms with van der Waals surface area (Å²) >= 11 is 0. The number of guanidine groups is 1. The van der Waals surface area contributed by atoms with E-state index in [9.17, 15) is 4.39 Å². The van der Waals surface area contributed by atoms with Crippen molar-refractivity contribution in [2.24, 2.45) is 10.4 Å². The number of aromatic nitrogens is 2. The van der Waals surface area contributed by atoms with Crippen LogP contribution in [-0.4, -0.2) is 49.6 Å². The number of hydrogen-bond donors (Lipinski definition) is 2. The van der Waals surface area contributed by atoms with Crippen molar-refractivity contribution < 1.29 is 9.13 Å². The third-order valence-corrected chi connectivity index (χ3v) is 5.51. The van der Waals surface area contributed by atoms with E-state index in [0.717, 1.165) is 49.9 Å². The Morgan fingerprint density at radius 1 is 1.24 bits per heavy atom. The van der Waals surface area contributed by atoms with E-state index in [1.807, 2.05) is 12.3 Å². The van der Waals surface area contributed by atoms with Crippen LogP contribution >= 0.6 is 24.0 Å². The van der Waals surface area contributed by atoms with E-state index in [0.29, 0.717) is 5.41 Å². The molecule has 1 aromatic heterocycles. The van der Waals surface area contributed by atoms with Gasteiger partial charge in [-0.3, -0.25) is 4.99 Å². The topological polar surface area (TPSA) is 63.5 Å². The van der Waals surface area contributed by atoms with Crippen LogP contribution in [0.5, 0.6) is 0 Å². The number of nitrogens with zero attached hydrogens (tertiary/aromatic N) is 3. The predicted octanol–water partition coefficient (Wildman–Crippen LogP) is 3.54. The van der Waals surface area contributed by atoms with Gasteiger partial charge in [-0.25, -0.2) is 9.07 Å². The number of halogens is 2. The first-order valence-corrected chi connectivity index (χ1v) is 9.88. The van der Waals surface area contributed by atoms with Crippen LogP contribution < -0.4 is 10.6 Å². The average molecular weight is 515 g/mol. The zero-order valence-electron chi connectivity index (χ0n) is 17.2. The Morgan fingerprint density at radius 2 is 2.00 bits per heavy atom. The van der Waals surface area contributed by atoms with E-state index in [1.54, 1.807) is 31.0 Å². The Morgan fingerprint density at radius 3 is 2.62 bits per heavy atom. The minimum atomic E-state index is -0.245. The lowest BCUT2D eigenvalue weighted by Gasteiger charge is -2.42. The summed E-state index contributed by atoms with van der Waals surface area (Å²) in [7, 11) is 3.55. The molecule has 1 fully saturated rings. The van der Waals surface area contributed by atoms with Crippen LogP contribution in [0.3, 0.4) is 0 Å². The predicted molar refractivity (Wildman–Crippen MR) is 125 cm³/mol. The fourth-order valence-corrected chi connectivity index (χ4v) is 3.54. The maximum absolute atomic E-state index is 13.0. The lowest BCUT2D eigenvalue weighted by atomic mass is 9.67. The molecular formula is C21H31FIN5O. The van der Waals surface area contributed by atoms with Crippen LogP contribution in [0.1, 0.15) is 31.4 Å². The van der Waals surface area contributed by atoms with Gasteiger partial charge in [0.05, 0.1) is 11.4 Å². The third-order valence-electron chi connectivity index (χ3n) is 5.51. The van der Waals surface area contributed by atoms with E-state index < -0.39 is 0 Å². The fraction of sp³-hybridized carbons (Fsp3) is 0.524. The van der Waals surface area contributed by atoms with Gasteiger partial charge in [-0.15, -0.1) is 24.0 Å². The molecule has 0 saturated heterocycles. The van der Waals surface area contributed by atoms with Gasteiger partial charge in [-0.2, -0.15) is 5.10 Å². The molecule has 0 aliphatic heterocycles. The zero-order chi connectivity index (χ0) is 19.8. The summed E-state index contributed by atoms with van der Waals surface area (Å²) in [6.07, 6.45) is 7.57. The molecule has 1 aliphatic carbocycles. The first kappa shape index (κ1) is 23.6. The van der Waals surface area contributed by atoms with Crippen molar-refractivity contribution in [2.45, 2.75) is 32.1 Å². The molecule has 0 atom stereocenters. The number of aliphatic imine (C=N–C) groups is 1. The quantitative estimate of drug-likeness (QED) is 0.305. The highest BCUT2D eigenvalue weighted by Crippen LogP contribution is 2.43. The normalized spacial score (nSPS) is 15.3. The van der Waals surface area contributed by atoms with Gasteiger partial charge >= 0.3 is 0 Å². The zero-order valence-corrected chi connectivity index (χ0v) is 19.5. The minimum absolute atomic E-state index is 0. The number of methoxy groups -OCH3 is 1. The second-order valence-corrected chi connectivity index (χ2v) is 7.43. The smallest absolute Gasteiger partial charge is 0.191 e. The van der Waals surface area contributed by atoms with Gasteiger partial charge in [-0.05, 0) is 55.0 Å². The minimum Gasteiger partial charge on any atom is -0.385 e. The standard InChI is InChI=1S/C21H30FN5O.HI/c1-23-20(25-16-21(10-3-11-21)12-15-28-2)24-13-8-18-9-14-27(26-18)19-6-4-17(22)5-7-19;/h4-7,9,14H,3,8,10-13,15-16H2,1-2H3,(H2,23,24,25);1H. The largest absolute Gasteiger partial charge is 0.385 e.